The Morgan fingerprint density at radius 1 is 1.53 bits per heavy atom. The third-order valence-corrected chi connectivity index (χ3v) is 4.10. The normalized spacial score (nSPS) is 21.0. The Morgan fingerprint density at radius 2 is 2.33 bits per heavy atom. The highest BCUT2D eigenvalue weighted by Gasteiger charge is 2.21. The number of nitrogens with zero attached hydrogens (tertiary/aromatic N) is 1. The first-order valence-corrected chi connectivity index (χ1v) is 6.28. The molecule has 2 nitrogen and oxygen atoms in total. The van der Waals surface area contributed by atoms with Gasteiger partial charge in [-0.05, 0) is 53.0 Å². The minimum atomic E-state index is 0.638. The van der Waals surface area contributed by atoms with Crippen LogP contribution >= 0.6 is 27.5 Å². The van der Waals surface area contributed by atoms with E-state index < -0.39 is 0 Å². The van der Waals surface area contributed by atoms with Crippen LogP contribution in [-0.4, -0.2) is 19.6 Å². The molecule has 15 heavy (non-hydrogen) atoms. The molecule has 1 aromatic carbocycles. The van der Waals surface area contributed by atoms with Gasteiger partial charge in [0.15, 0.2) is 0 Å². The van der Waals surface area contributed by atoms with Gasteiger partial charge in [-0.25, -0.2) is 0 Å². The van der Waals surface area contributed by atoms with Crippen molar-refractivity contribution in [1.82, 2.24) is 0 Å². The van der Waals surface area contributed by atoms with E-state index in [1.807, 2.05) is 6.07 Å². The van der Waals surface area contributed by atoms with Crippen molar-refractivity contribution in [3.8, 4) is 0 Å². The van der Waals surface area contributed by atoms with Gasteiger partial charge in [0.2, 0.25) is 0 Å². The summed E-state index contributed by atoms with van der Waals surface area (Å²) < 4.78 is 0.956. The standard InChI is InChI=1S/C11H14BrClN2/c12-10-5-9(1-2-11(10)13)15-4-3-8(6-14)7-15/h1-2,5,8H,3-4,6-7,14H2. The van der Waals surface area contributed by atoms with E-state index >= 15 is 0 Å². The summed E-state index contributed by atoms with van der Waals surface area (Å²) >= 11 is 9.40. The fourth-order valence-electron chi connectivity index (χ4n) is 1.94. The average Bonchev–Trinajstić information content (AvgIpc) is 2.70. The van der Waals surface area contributed by atoms with E-state index in [0.717, 1.165) is 29.1 Å². The molecule has 1 aliphatic heterocycles. The Bertz CT molecular complexity index is 356. The van der Waals surface area contributed by atoms with Crippen LogP contribution < -0.4 is 10.6 Å². The molecule has 1 fully saturated rings. The number of nitrogens with two attached hydrogens (primary N) is 1. The van der Waals surface area contributed by atoms with Crippen LogP contribution in [0.5, 0.6) is 0 Å². The van der Waals surface area contributed by atoms with E-state index in [1.165, 1.54) is 12.1 Å². The van der Waals surface area contributed by atoms with E-state index in [4.69, 9.17) is 17.3 Å². The van der Waals surface area contributed by atoms with Gasteiger partial charge in [0.1, 0.15) is 0 Å². The van der Waals surface area contributed by atoms with Gasteiger partial charge in [-0.1, -0.05) is 11.6 Å². The van der Waals surface area contributed by atoms with Crippen molar-refractivity contribution in [3.05, 3.63) is 27.7 Å². The monoisotopic (exact) mass is 288 g/mol. The maximum Gasteiger partial charge on any atom is 0.0549 e. The Labute approximate surface area is 104 Å². The first-order valence-electron chi connectivity index (χ1n) is 5.11. The zero-order valence-electron chi connectivity index (χ0n) is 8.42. The minimum Gasteiger partial charge on any atom is -0.371 e. The molecule has 1 atom stereocenters. The molecular formula is C11H14BrClN2. The molecule has 0 spiro atoms. The fraction of sp³-hybridized carbons (Fsp3) is 0.455. The Balaban J connectivity index is 2.13. The third kappa shape index (κ3) is 2.47. The lowest BCUT2D eigenvalue weighted by Crippen LogP contribution is -2.22. The molecule has 1 saturated heterocycles. The SMILES string of the molecule is NCC1CCN(c2ccc(Cl)c(Br)c2)C1. The van der Waals surface area contributed by atoms with Crippen molar-refractivity contribution in [2.75, 3.05) is 24.5 Å². The Kier molecular flexibility index (Phi) is 3.54. The lowest BCUT2D eigenvalue weighted by molar-refractivity contribution is 0.602. The van der Waals surface area contributed by atoms with Crippen molar-refractivity contribution in [2.45, 2.75) is 6.42 Å². The summed E-state index contributed by atoms with van der Waals surface area (Å²) in [5.41, 5.74) is 6.90. The summed E-state index contributed by atoms with van der Waals surface area (Å²) in [6, 6.07) is 6.06. The van der Waals surface area contributed by atoms with Crippen molar-refractivity contribution in [1.29, 1.82) is 0 Å². The van der Waals surface area contributed by atoms with E-state index in [1.54, 1.807) is 0 Å². The molecule has 0 saturated carbocycles. The van der Waals surface area contributed by atoms with E-state index in [-0.39, 0.29) is 0 Å². The van der Waals surface area contributed by atoms with Crippen molar-refractivity contribution >= 4 is 33.2 Å². The predicted octanol–water partition coefficient (Wildman–Crippen LogP) is 2.89. The molecule has 1 aromatic rings. The zero-order chi connectivity index (χ0) is 10.8. The topological polar surface area (TPSA) is 29.3 Å². The maximum atomic E-state index is 5.96. The molecule has 82 valence electrons. The van der Waals surface area contributed by atoms with Crippen LogP contribution in [-0.2, 0) is 0 Å². The Hall–Kier alpha value is -0.250. The molecule has 0 aliphatic carbocycles. The van der Waals surface area contributed by atoms with Crippen molar-refractivity contribution in [2.24, 2.45) is 11.7 Å². The van der Waals surface area contributed by atoms with Gasteiger partial charge in [0.25, 0.3) is 0 Å². The van der Waals surface area contributed by atoms with Gasteiger partial charge < -0.3 is 10.6 Å². The summed E-state index contributed by atoms with van der Waals surface area (Å²) in [7, 11) is 0. The molecule has 1 heterocycles. The lowest BCUT2D eigenvalue weighted by atomic mass is 10.1. The second kappa shape index (κ2) is 4.73. The van der Waals surface area contributed by atoms with Gasteiger partial charge in [-0.2, -0.15) is 0 Å². The summed E-state index contributed by atoms with van der Waals surface area (Å²) in [6.07, 6.45) is 1.19. The highest BCUT2D eigenvalue weighted by Crippen LogP contribution is 2.30. The largest absolute Gasteiger partial charge is 0.371 e. The second-order valence-corrected chi connectivity index (χ2v) is 5.20. The van der Waals surface area contributed by atoms with Crippen molar-refractivity contribution in [3.63, 3.8) is 0 Å². The van der Waals surface area contributed by atoms with Gasteiger partial charge in [-0.15, -0.1) is 0 Å². The van der Waals surface area contributed by atoms with Gasteiger partial charge in [0.05, 0.1) is 5.02 Å². The number of anilines is 1. The third-order valence-electron chi connectivity index (χ3n) is 2.89. The van der Waals surface area contributed by atoms with E-state index in [0.29, 0.717) is 5.92 Å². The second-order valence-electron chi connectivity index (χ2n) is 3.93. The average molecular weight is 290 g/mol. The first-order chi connectivity index (χ1) is 7.20. The summed E-state index contributed by atoms with van der Waals surface area (Å²) in [5.74, 6) is 0.638. The molecule has 1 aliphatic rings. The molecule has 4 heteroatoms. The van der Waals surface area contributed by atoms with Gasteiger partial charge in [0, 0.05) is 23.2 Å². The minimum absolute atomic E-state index is 0.638. The molecule has 0 bridgehead atoms. The summed E-state index contributed by atoms with van der Waals surface area (Å²) in [6.45, 7) is 2.94. The molecule has 0 radical (unpaired) electrons. The van der Waals surface area contributed by atoms with E-state index in [2.05, 4.69) is 33.0 Å². The van der Waals surface area contributed by atoms with Crippen LogP contribution in [0, 0.1) is 5.92 Å². The van der Waals surface area contributed by atoms with Crippen LogP contribution in [0.3, 0.4) is 0 Å². The van der Waals surface area contributed by atoms with Crippen LogP contribution in [0.15, 0.2) is 22.7 Å². The molecule has 0 aromatic heterocycles. The van der Waals surface area contributed by atoms with Crippen LogP contribution in [0.4, 0.5) is 5.69 Å². The van der Waals surface area contributed by atoms with Crippen LogP contribution in [0.1, 0.15) is 6.42 Å². The van der Waals surface area contributed by atoms with Crippen LogP contribution in [0.2, 0.25) is 5.02 Å². The maximum absolute atomic E-state index is 5.96. The highest BCUT2D eigenvalue weighted by atomic mass is 79.9. The molecular weight excluding hydrogens is 275 g/mol. The number of hydrogen-bond donors (Lipinski definition) is 1. The summed E-state index contributed by atoms with van der Waals surface area (Å²) in [5, 5.41) is 0.758. The molecule has 0 amide bonds. The number of hydrogen-bond acceptors (Lipinski definition) is 2. The zero-order valence-corrected chi connectivity index (χ0v) is 10.8. The first kappa shape index (κ1) is 11.2. The summed E-state index contributed by atoms with van der Waals surface area (Å²) in [4.78, 5) is 2.36. The Morgan fingerprint density at radius 3 is 2.93 bits per heavy atom. The fourth-order valence-corrected chi connectivity index (χ4v) is 2.43. The molecule has 1 unspecified atom stereocenters. The number of rotatable bonds is 2. The lowest BCUT2D eigenvalue weighted by Gasteiger charge is -2.19. The van der Waals surface area contributed by atoms with Crippen molar-refractivity contribution < 1.29 is 0 Å². The van der Waals surface area contributed by atoms with Gasteiger partial charge >= 0.3 is 0 Å². The number of benzene rings is 1. The smallest absolute Gasteiger partial charge is 0.0549 e. The van der Waals surface area contributed by atoms with Crippen LogP contribution in [0.25, 0.3) is 0 Å². The van der Waals surface area contributed by atoms with Gasteiger partial charge in [-0.3, -0.25) is 0 Å². The molecule has 2 N–H and O–H groups in total. The number of halogens is 2. The van der Waals surface area contributed by atoms with E-state index in [9.17, 15) is 0 Å². The predicted molar refractivity (Wildman–Crippen MR) is 68.5 cm³/mol. The highest BCUT2D eigenvalue weighted by molar-refractivity contribution is 9.10. The molecule has 2 rings (SSSR count). The quantitative estimate of drug-likeness (QED) is 0.907.